The lowest BCUT2D eigenvalue weighted by Gasteiger charge is -2.19. The van der Waals surface area contributed by atoms with Gasteiger partial charge in [0.25, 0.3) is 5.91 Å². The number of aliphatic hydroxyl groups excluding tert-OH is 1. The zero-order chi connectivity index (χ0) is 25.7. The Kier molecular flexibility index (Phi) is 8.21. The van der Waals surface area contributed by atoms with E-state index < -0.39 is 0 Å². The molecule has 1 saturated heterocycles. The average Bonchev–Trinajstić information content (AvgIpc) is 3.44. The first-order valence-corrected chi connectivity index (χ1v) is 12.4. The molecule has 1 aliphatic rings. The molecule has 5 N–H and O–H groups in total. The molecule has 11 heteroatoms. The van der Waals surface area contributed by atoms with Crippen LogP contribution in [0.1, 0.15) is 48.5 Å². The van der Waals surface area contributed by atoms with Gasteiger partial charge in [0, 0.05) is 36.4 Å². The highest BCUT2D eigenvalue weighted by atomic mass is 16.5. The Bertz CT molecular complexity index is 1190. The minimum Gasteiger partial charge on any atom is -0.496 e. The number of amides is 1. The van der Waals surface area contributed by atoms with Crippen molar-refractivity contribution in [3.63, 3.8) is 0 Å². The van der Waals surface area contributed by atoms with Crippen LogP contribution in [0.5, 0.6) is 5.75 Å². The maximum Gasteiger partial charge on any atom is 0.251 e. The number of nitrogen functional groups attached to an aromatic ring is 1. The first-order valence-electron chi connectivity index (χ1n) is 12.4. The molecule has 0 spiro atoms. The number of fused-ring (bicyclic) bond motifs is 1. The Balaban J connectivity index is 1.63. The third kappa shape index (κ3) is 5.85. The van der Waals surface area contributed by atoms with Crippen LogP contribution < -0.4 is 21.1 Å². The summed E-state index contributed by atoms with van der Waals surface area (Å²) in [6, 6.07) is 5.62. The van der Waals surface area contributed by atoms with Gasteiger partial charge in [-0.3, -0.25) is 9.48 Å². The third-order valence-corrected chi connectivity index (χ3v) is 6.55. The molecule has 11 nitrogen and oxygen atoms in total. The van der Waals surface area contributed by atoms with E-state index in [1.807, 2.05) is 12.1 Å². The van der Waals surface area contributed by atoms with E-state index in [2.05, 4.69) is 44.6 Å². The Morgan fingerprint density at radius 1 is 1.33 bits per heavy atom. The summed E-state index contributed by atoms with van der Waals surface area (Å²) < 4.78 is 7.37. The average molecular weight is 497 g/mol. The number of ether oxygens (including phenoxy) is 1. The number of hydrogen-bond donors (Lipinski definition) is 4. The van der Waals surface area contributed by atoms with Crippen molar-refractivity contribution in [3.05, 3.63) is 35.5 Å². The molecule has 0 radical (unpaired) electrons. The van der Waals surface area contributed by atoms with Crippen LogP contribution in [0.2, 0.25) is 0 Å². The van der Waals surface area contributed by atoms with Gasteiger partial charge in [0.1, 0.15) is 16.8 Å². The van der Waals surface area contributed by atoms with Gasteiger partial charge in [0.15, 0.2) is 5.82 Å². The summed E-state index contributed by atoms with van der Waals surface area (Å²) in [5.74, 6) is 1.28. The minimum absolute atomic E-state index is 0.0389. The van der Waals surface area contributed by atoms with Crippen LogP contribution in [-0.4, -0.2) is 81.6 Å². The lowest BCUT2D eigenvalue weighted by Crippen LogP contribution is -2.36. The second-order valence-electron chi connectivity index (χ2n) is 9.36. The molecule has 0 saturated carbocycles. The zero-order valence-corrected chi connectivity index (χ0v) is 21.2. The molecular weight excluding hydrogens is 460 g/mol. The van der Waals surface area contributed by atoms with E-state index in [0.717, 1.165) is 37.9 Å². The fourth-order valence-electron chi connectivity index (χ4n) is 4.75. The van der Waals surface area contributed by atoms with Crippen LogP contribution in [-0.2, 0) is 6.54 Å². The fraction of sp³-hybridized carbons (Fsp3) is 0.520. The van der Waals surface area contributed by atoms with Gasteiger partial charge in [-0.1, -0.05) is 13.3 Å². The molecule has 3 heterocycles. The summed E-state index contributed by atoms with van der Waals surface area (Å²) in [4.78, 5) is 24.0. The highest BCUT2D eigenvalue weighted by molar-refractivity contribution is 5.95. The maximum absolute atomic E-state index is 13.0. The third-order valence-electron chi connectivity index (χ3n) is 6.55. The van der Waals surface area contributed by atoms with Gasteiger partial charge in [-0.05, 0) is 51.1 Å². The van der Waals surface area contributed by atoms with E-state index in [0.29, 0.717) is 41.1 Å². The molecule has 36 heavy (non-hydrogen) atoms. The maximum atomic E-state index is 13.0. The first-order chi connectivity index (χ1) is 17.4. The number of anilines is 2. The van der Waals surface area contributed by atoms with E-state index >= 15 is 0 Å². The van der Waals surface area contributed by atoms with Gasteiger partial charge in [-0.25, -0.2) is 4.98 Å². The molecule has 1 amide bonds. The number of benzene rings is 1. The van der Waals surface area contributed by atoms with Gasteiger partial charge in [-0.15, -0.1) is 0 Å². The summed E-state index contributed by atoms with van der Waals surface area (Å²) in [7, 11) is 3.66. The van der Waals surface area contributed by atoms with E-state index in [-0.39, 0.29) is 30.5 Å². The summed E-state index contributed by atoms with van der Waals surface area (Å²) >= 11 is 0. The standard InChI is InChI=1S/C25H36N8O3/c1-4-5-18(9-11-34)28-23-22-20(30-25(26)31-23)13-27-33(22)14-17-12-16(6-7-21(17)36-3)24(35)29-19-8-10-32(2)15-19/h6-7,12-13,18-19,34H,4-5,8-11,14-15H2,1-3H3,(H,29,35)(H3,26,28,30,31)/t18-,19+/m0/s1. The molecule has 2 aromatic heterocycles. The Labute approximate surface area is 211 Å². The second-order valence-corrected chi connectivity index (χ2v) is 9.36. The molecule has 1 fully saturated rings. The number of nitrogens with two attached hydrogens (primary N) is 1. The zero-order valence-electron chi connectivity index (χ0n) is 21.2. The van der Waals surface area contributed by atoms with Crippen molar-refractivity contribution in [3.8, 4) is 5.75 Å². The summed E-state index contributed by atoms with van der Waals surface area (Å²) in [6.45, 7) is 4.35. The van der Waals surface area contributed by atoms with Crippen LogP contribution in [0.4, 0.5) is 11.8 Å². The van der Waals surface area contributed by atoms with Gasteiger partial charge < -0.3 is 31.1 Å². The lowest BCUT2D eigenvalue weighted by atomic mass is 10.1. The number of aliphatic hydroxyl groups is 1. The molecule has 3 aromatic rings. The number of aromatic nitrogens is 4. The molecule has 1 aromatic carbocycles. The van der Waals surface area contributed by atoms with Gasteiger partial charge >= 0.3 is 0 Å². The Morgan fingerprint density at radius 3 is 2.86 bits per heavy atom. The molecule has 0 aliphatic carbocycles. The smallest absolute Gasteiger partial charge is 0.251 e. The predicted octanol–water partition coefficient (Wildman–Crippen LogP) is 1.86. The van der Waals surface area contributed by atoms with E-state index in [4.69, 9.17) is 10.5 Å². The van der Waals surface area contributed by atoms with Crippen molar-refractivity contribution in [2.45, 2.75) is 51.2 Å². The van der Waals surface area contributed by atoms with Crippen LogP contribution in [0, 0.1) is 0 Å². The Morgan fingerprint density at radius 2 is 2.17 bits per heavy atom. The minimum atomic E-state index is -0.102. The number of nitrogens with zero attached hydrogens (tertiary/aromatic N) is 5. The number of likely N-dealkylation sites (tertiary alicyclic amines) is 1. The van der Waals surface area contributed by atoms with Crippen LogP contribution in [0.3, 0.4) is 0 Å². The molecule has 4 rings (SSSR count). The summed E-state index contributed by atoms with van der Waals surface area (Å²) in [5.41, 5.74) is 8.66. The Hall–Kier alpha value is -3.44. The van der Waals surface area contributed by atoms with Gasteiger partial charge in [0.05, 0.1) is 19.9 Å². The van der Waals surface area contributed by atoms with E-state index in [1.54, 1.807) is 24.1 Å². The lowest BCUT2D eigenvalue weighted by molar-refractivity contribution is 0.0938. The topological polar surface area (TPSA) is 143 Å². The van der Waals surface area contributed by atoms with Crippen LogP contribution in [0.25, 0.3) is 11.0 Å². The number of nitrogens with one attached hydrogen (secondary N) is 2. The van der Waals surface area contributed by atoms with E-state index in [1.165, 1.54) is 0 Å². The molecule has 0 unspecified atom stereocenters. The van der Waals surface area contributed by atoms with Crippen molar-refractivity contribution in [1.82, 2.24) is 30.0 Å². The highest BCUT2D eigenvalue weighted by Gasteiger charge is 2.23. The van der Waals surface area contributed by atoms with Crippen molar-refractivity contribution in [2.24, 2.45) is 0 Å². The van der Waals surface area contributed by atoms with Crippen molar-refractivity contribution in [1.29, 1.82) is 0 Å². The normalized spacial score (nSPS) is 16.8. The van der Waals surface area contributed by atoms with Crippen molar-refractivity contribution in [2.75, 3.05) is 44.9 Å². The molecule has 0 bridgehead atoms. The number of hydrogen-bond acceptors (Lipinski definition) is 9. The number of rotatable bonds is 11. The SMILES string of the molecule is CCC[C@@H](CCO)Nc1nc(N)nc2cnn(Cc3cc(C(=O)N[C@@H]4CCN(C)C4)ccc3OC)c12. The molecule has 194 valence electrons. The number of carbonyl (C=O) groups is 1. The summed E-state index contributed by atoms with van der Waals surface area (Å²) in [5, 5.41) is 20.6. The first kappa shape index (κ1) is 25.6. The molecule has 2 atom stereocenters. The van der Waals surface area contributed by atoms with Crippen LogP contribution in [0.15, 0.2) is 24.4 Å². The van der Waals surface area contributed by atoms with Gasteiger partial charge in [-0.2, -0.15) is 10.1 Å². The molecular formula is C25H36N8O3. The number of methoxy groups -OCH3 is 1. The number of carbonyl (C=O) groups excluding carboxylic acids is 1. The van der Waals surface area contributed by atoms with Crippen molar-refractivity contribution >= 4 is 28.7 Å². The largest absolute Gasteiger partial charge is 0.496 e. The van der Waals surface area contributed by atoms with Crippen LogP contribution >= 0.6 is 0 Å². The predicted molar refractivity (Wildman–Crippen MR) is 139 cm³/mol. The monoisotopic (exact) mass is 496 g/mol. The molecule has 1 aliphatic heterocycles. The number of likely N-dealkylation sites (N-methyl/N-ethyl adjacent to an activating group) is 1. The van der Waals surface area contributed by atoms with Crippen molar-refractivity contribution < 1.29 is 14.6 Å². The van der Waals surface area contributed by atoms with Gasteiger partial charge in [0.2, 0.25) is 5.95 Å². The summed E-state index contributed by atoms with van der Waals surface area (Å²) in [6.07, 6.45) is 5.03. The second kappa shape index (κ2) is 11.5. The highest BCUT2D eigenvalue weighted by Crippen LogP contribution is 2.27. The van der Waals surface area contributed by atoms with E-state index in [9.17, 15) is 9.90 Å². The quantitative estimate of drug-likeness (QED) is 0.313. The fourth-order valence-corrected chi connectivity index (χ4v) is 4.75.